The van der Waals surface area contributed by atoms with Crippen molar-refractivity contribution in [1.29, 1.82) is 0 Å². The topological polar surface area (TPSA) is 44.7 Å². The first kappa shape index (κ1) is 17.4. The van der Waals surface area contributed by atoms with E-state index < -0.39 is 0 Å². The van der Waals surface area contributed by atoms with Crippen LogP contribution in [0.5, 0.6) is 0 Å². The summed E-state index contributed by atoms with van der Waals surface area (Å²) in [5.41, 5.74) is 0.861. The van der Waals surface area contributed by atoms with Crippen LogP contribution in [0.25, 0.3) is 0 Å². The molecule has 4 heteroatoms. The molecule has 4 rings (SSSR count). The van der Waals surface area contributed by atoms with Crippen molar-refractivity contribution >= 4 is 11.6 Å². The highest BCUT2D eigenvalue weighted by Gasteiger charge is 2.44. The molecule has 1 heterocycles. The zero-order valence-corrected chi connectivity index (χ0v) is 15.9. The molecular weight excluding hydrogens is 310 g/mol. The average Bonchev–Trinajstić information content (AvgIpc) is 3.30. The lowest BCUT2D eigenvalue weighted by Crippen LogP contribution is -2.45. The molecule has 0 bridgehead atoms. The van der Waals surface area contributed by atoms with Gasteiger partial charge in [-0.1, -0.05) is 44.9 Å². The lowest BCUT2D eigenvalue weighted by Gasteiger charge is -2.38. The maximum absolute atomic E-state index is 13.0. The Bertz CT molecular complexity index is 505. The van der Waals surface area contributed by atoms with Gasteiger partial charge in [0.1, 0.15) is 5.71 Å². The molecule has 3 atom stereocenters. The van der Waals surface area contributed by atoms with Crippen LogP contribution in [0.2, 0.25) is 0 Å². The van der Waals surface area contributed by atoms with Gasteiger partial charge in [0.05, 0.1) is 6.04 Å². The van der Waals surface area contributed by atoms with E-state index in [1.807, 2.05) is 0 Å². The van der Waals surface area contributed by atoms with Gasteiger partial charge in [0.15, 0.2) is 0 Å². The molecule has 0 saturated heterocycles. The molecule has 0 radical (unpaired) electrons. The van der Waals surface area contributed by atoms with E-state index >= 15 is 0 Å². The minimum atomic E-state index is 0.134. The van der Waals surface area contributed by atoms with Gasteiger partial charge in [0, 0.05) is 18.0 Å². The van der Waals surface area contributed by atoms with Crippen LogP contribution in [-0.2, 0) is 4.79 Å². The maximum Gasteiger partial charge on any atom is 0.268 e. The second-order valence-corrected chi connectivity index (χ2v) is 8.92. The number of rotatable bonds is 4. The summed E-state index contributed by atoms with van der Waals surface area (Å²) in [5.74, 6) is 1.18. The Kier molecular flexibility index (Phi) is 5.33. The fourth-order valence-corrected chi connectivity index (χ4v) is 5.79. The Morgan fingerprint density at radius 1 is 0.960 bits per heavy atom. The summed E-state index contributed by atoms with van der Waals surface area (Å²) in [6.07, 6.45) is 16.7. The summed E-state index contributed by atoms with van der Waals surface area (Å²) in [7, 11) is 0. The molecule has 3 fully saturated rings. The molecule has 4 nitrogen and oxygen atoms in total. The SMILES string of the molecule is CC(NC(=O)C1=NN(C2CCCCC2)C2CCCCC12)C1CCCC1. The summed E-state index contributed by atoms with van der Waals surface area (Å²) in [6.45, 7) is 2.20. The Hall–Kier alpha value is -1.06. The number of nitrogens with zero attached hydrogens (tertiary/aromatic N) is 2. The smallest absolute Gasteiger partial charge is 0.268 e. The highest BCUT2D eigenvalue weighted by molar-refractivity contribution is 6.40. The third-order valence-electron chi connectivity index (χ3n) is 7.29. The predicted octanol–water partition coefficient (Wildman–Crippen LogP) is 4.24. The van der Waals surface area contributed by atoms with Gasteiger partial charge < -0.3 is 5.32 Å². The van der Waals surface area contributed by atoms with Gasteiger partial charge in [-0.15, -0.1) is 0 Å². The third kappa shape index (κ3) is 3.59. The van der Waals surface area contributed by atoms with Crippen molar-refractivity contribution in [3.63, 3.8) is 0 Å². The number of amides is 1. The van der Waals surface area contributed by atoms with E-state index in [0.717, 1.165) is 12.1 Å². The van der Waals surface area contributed by atoms with E-state index in [1.165, 1.54) is 77.0 Å². The number of carbonyl (C=O) groups is 1. The standard InChI is InChI=1S/C21H35N3O/c1-15(16-9-5-6-10-16)22-21(25)20-18-13-7-8-14-19(18)24(23-20)17-11-3-2-4-12-17/h15-19H,2-14H2,1H3,(H,22,25). The first-order valence-corrected chi connectivity index (χ1v) is 10.9. The first-order chi connectivity index (χ1) is 12.2. The normalized spacial score (nSPS) is 32.4. The quantitative estimate of drug-likeness (QED) is 0.828. The van der Waals surface area contributed by atoms with E-state index in [4.69, 9.17) is 5.10 Å². The molecule has 0 aromatic carbocycles. The molecule has 25 heavy (non-hydrogen) atoms. The molecular formula is C21H35N3O. The van der Waals surface area contributed by atoms with Crippen molar-refractivity contribution in [3.8, 4) is 0 Å². The van der Waals surface area contributed by atoms with Crippen molar-refractivity contribution in [2.45, 2.75) is 109 Å². The van der Waals surface area contributed by atoms with Crippen LogP contribution < -0.4 is 5.32 Å². The molecule has 1 N–H and O–H groups in total. The molecule has 140 valence electrons. The van der Waals surface area contributed by atoms with Crippen molar-refractivity contribution in [3.05, 3.63) is 0 Å². The van der Waals surface area contributed by atoms with Gasteiger partial charge in [-0.05, 0) is 51.4 Å². The van der Waals surface area contributed by atoms with E-state index in [9.17, 15) is 4.79 Å². The fourth-order valence-electron chi connectivity index (χ4n) is 5.79. The van der Waals surface area contributed by atoms with Crippen LogP contribution in [0.3, 0.4) is 0 Å². The Morgan fingerprint density at radius 2 is 1.60 bits per heavy atom. The molecule has 0 aromatic rings. The first-order valence-electron chi connectivity index (χ1n) is 10.9. The van der Waals surface area contributed by atoms with Gasteiger partial charge in [-0.25, -0.2) is 0 Å². The van der Waals surface area contributed by atoms with Crippen LogP contribution in [0.4, 0.5) is 0 Å². The van der Waals surface area contributed by atoms with Gasteiger partial charge in [-0.3, -0.25) is 9.80 Å². The van der Waals surface area contributed by atoms with E-state index in [-0.39, 0.29) is 5.91 Å². The highest BCUT2D eigenvalue weighted by Crippen LogP contribution is 2.38. The Morgan fingerprint density at radius 3 is 2.36 bits per heavy atom. The van der Waals surface area contributed by atoms with Crippen molar-refractivity contribution in [1.82, 2.24) is 10.3 Å². The maximum atomic E-state index is 13.0. The van der Waals surface area contributed by atoms with Gasteiger partial charge in [0.25, 0.3) is 5.91 Å². The minimum Gasteiger partial charge on any atom is -0.348 e. The summed E-state index contributed by atoms with van der Waals surface area (Å²) < 4.78 is 0. The fraction of sp³-hybridized carbons (Fsp3) is 0.905. The molecule has 3 saturated carbocycles. The second-order valence-electron chi connectivity index (χ2n) is 8.92. The van der Waals surface area contributed by atoms with Gasteiger partial charge in [-0.2, -0.15) is 5.10 Å². The molecule has 4 aliphatic rings. The molecule has 3 aliphatic carbocycles. The van der Waals surface area contributed by atoms with Crippen LogP contribution in [0, 0.1) is 11.8 Å². The van der Waals surface area contributed by atoms with E-state index in [1.54, 1.807) is 0 Å². The van der Waals surface area contributed by atoms with E-state index in [0.29, 0.717) is 30.0 Å². The Balaban J connectivity index is 1.46. The predicted molar refractivity (Wildman–Crippen MR) is 101 cm³/mol. The van der Waals surface area contributed by atoms with Crippen LogP contribution in [-0.4, -0.2) is 34.8 Å². The molecule has 0 aromatic heterocycles. The third-order valence-corrected chi connectivity index (χ3v) is 7.29. The minimum absolute atomic E-state index is 0.134. The average molecular weight is 346 g/mol. The molecule has 1 aliphatic heterocycles. The van der Waals surface area contributed by atoms with Crippen LogP contribution in [0.15, 0.2) is 5.10 Å². The molecule has 0 spiro atoms. The number of nitrogens with one attached hydrogen (secondary N) is 1. The summed E-state index contributed by atoms with van der Waals surface area (Å²) >= 11 is 0. The number of fused-ring (bicyclic) bond motifs is 1. The van der Waals surface area contributed by atoms with Gasteiger partial charge in [0.2, 0.25) is 0 Å². The monoisotopic (exact) mass is 345 g/mol. The molecule has 1 amide bonds. The largest absolute Gasteiger partial charge is 0.348 e. The highest BCUT2D eigenvalue weighted by atomic mass is 16.2. The number of hydrogen-bond acceptors (Lipinski definition) is 3. The number of carbonyl (C=O) groups excluding carboxylic acids is 1. The summed E-state index contributed by atoms with van der Waals surface area (Å²) in [6, 6.07) is 1.37. The summed E-state index contributed by atoms with van der Waals surface area (Å²) in [5, 5.41) is 10.7. The molecule has 3 unspecified atom stereocenters. The number of hydrazone groups is 1. The zero-order chi connectivity index (χ0) is 17.2. The Labute approximate surface area is 152 Å². The van der Waals surface area contributed by atoms with Crippen molar-refractivity contribution in [2.75, 3.05) is 0 Å². The summed E-state index contributed by atoms with van der Waals surface area (Å²) in [4.78, 5) is 13.0. The van der Waals surface area contributed by atoms with Gasteiger partial charge >= 0.3 is 0 Å². The lowest BCUT2D eigenvalue weighted by atomic mass is 9.81. The number of hydrogen-bond donors (Lipinski definition) is 1. The lowest BCUT2D eigenvalue weighted by molar-refractivity contribution is -0.116. The van der Waals surface area contributed by atoms with Crippen LogP contribution in [0.1, 0.15) is 90.4 Å². The van der Waals surface area contributed by atoms with Crippen LogP contribution >= 0.6 is 0 Å². The van der Waals surface area contributed by atoms with Crippen molar-refractivity contribution < 1.29 is 4.79 Å². The van der Waals surface area contributed by atoms with E-state index in [2.05, 4.69) is 17.2 Å². The second kappa shape index (κ2) is 7.67. The van der Waals surface area contributed by atoms with Crippen molar-refractivity contribution in [2.24, 2.45) is 16.9 Å². The zero-order valence-electron chi connectivity index (χ0n) is 15.9.